The van der Waals surface area contributed by atoms with Gasteiger partial charge in [0.05, 0.1) is 11.4 Å². The number of nitrogens with zero attached hydrogens (tertiary/aromatic N) is 4. The smallest absolute Gasteiger partial charge is 0.217 e. The first-order valence-corrected chi connectivity index (χ1v) is 12.3. The molecule has 3 aromatic rings. The SMILES string of the molecule is Cc1nn(C)c(-n2ccc3cc(C4CC4)cnc32)c1C(CS(N)(=O)=O)S(N)(=O)=O. The molecule has 1 atom stereocenters. The highest BCUT2D eigenvalue weighted by atomic mass is 32.2. The second kappa shape index (κ2) is 6.62. The third-order valence-corrected chi connectivity index (χ3v) is 7.37. The molecular weight excluding hydrogens is 416 g/mol. The molecular formula is C17H22N6O4S2. The molecule has 0 spiro atoms. The van der Waals surface area contributed by atoms with Crippen LogP contribution in [-0.4, -0.2) is 41.9 Å². The molecule has 0 amide bonds. The van der Waals surface area contributed by atoms with Crippen molar-refractivity contribution in [1.82, 2.24) is 19.3 Å². The lowest BCUT2D eigenvalue weighted by molar-refractivity contribution is 0.577. The number of nitrogens with two attached hydrogens (primary N) is 2. The third-order valence-electron chi connectivity index (χ3n) is 5.16. The minimum Gasteiger partial charge on any atom is -0.285 e. The van der Waals surface area contributed by atoms with E-state index in [1.54, 1.807) is 24.7 Å². The van der Waals surface area contributed by atoms with Crippen LogP contribution in [-0.2, 0) is 27.1 Å². The summed E-state index contributed by atoms with van der Waals surface area (Å²) in [6.45, 7) is 1.60. The minimum atomic E-state index is -4.28. The van der Waals surface area contributed by atoms with E-state index < -0.39 is 31.0 Å². The lowest BCUT2D eigenvalue weighted by atomic mass is 10.1. The Morgan fingerprint density at radius 3 is 2.52 bits per heavy atom. The fraction of sp³-hybridized carbons (Fsp3) is 0.412. The quantitative estimate of drug-likeness (QED) is 0.573. The summed E-state index contributed by atoms with van der Waals surface area (Å²) in [5.41, 5.74) is 2.33. The predicted octanol–water partition coefficient (Wildman–Crippen LogP) is 0.563. The molecule has 1 fully saturated rings. The number of pyridine rings is 1. The first kappa shape index (κ1) is 20.0. The normalized spacial score (nSPS) is 16.4. The number of aromatic nitrogens is 4. The molecule has 1 unspecified atom stereocenters. The van der Waals surface area contributed by atoms with Gasteiger partial charge in [-0.2, -0.15) is 5.10 Å². The first-order chi connectivity index (χ1) is 13.5. The third kappa shape index (κ3) is 3.80. The van der Waals surface area contributed by atoms with Crippen LogP contribution < -0.4 is 10.3 Å². The van der Waals surface area contributed by atoms with Crippen LogP contribution >= 0.6 is 0 Å². The van der Waals surface area contributed by atoms with Crippen LogP contribution in [0.5, 0.6) is 0 Å². The van der Waals surface area contributed by atoms with Gasteiger partial charge in [0.2, 0.25) is 20.0 Å². The lowest BCUT2D eigenvalue weighted by Gasteiger charge is -2.17. The van der Waals surface area contributed by atoms with Gasteiger partial charge in [-0.1, -0.05) is 0 Å². The highest BCUT2D eigenvalue weighted by molar-refractivity contribution is 7.93. The Balaban J connectivity index is 1.92. The van der Waals surface area contributed by atoms with E-state index >= 15 is 0 Å². The molecule has 1 aliphatic rings. The molecule has 0 aliphatic heterocycles. The fourth-order valence-corrected chi connectivity index (χ4v) is 6.25. The molecule has 3 aromatic heterocycles. The van der Waals surface area contributed by atoms with Crippen LogP contribution in [0.3, 0.4) is 0 Å². The summed E-state index contributed by atoms with van der Waals surface area (Å²) >= 11 is 0. The molecule has 0 bridgehead atoms. The van der Waals surface area contributed by atoms with Gasteiger partial charge in [0.25, 0.3) is 0 Å². The number of hydrogen-bond donors (Lipinski definition) is 2. The molecule has 4 rings (SSSR count). The van der Waals surface area contributed by atoms with E-state index in [1.807, 2.05) is 12.3 Å². The van der Waals surface area contributed by atoms with Gasteiger partial charge in [-0.25, -0.2) is 32.1 Å². The van der Waals surface area contributed by atoms with Gasteiger partial charge in [0.1, 0.15) is 16.7 Å². The highest BCUT2D eigenvalue weighted by Gasteiger charge is 2.35. The highest BCUT2D eigenvalue weighted by Crippen LogP contribution is 2.41. The van der Waals surface area contributed by atoms with E-state index in [0.717, 1.165) is 18.2 Å². The molecule has 12 heteroatoms. The number of hydrogen-bond acceptors (Lipinski definition) is 6. The Bertz CT molecular complexity index is 1320. The van der Waals surface area contributed by atoms with Crippen LogP contribution in [0, 0.1) is 6.92 Å². The van der Waals surface area contributed by atoms with Crippen molar-refractivity contribution in [3.05, 3.63) is 41.3 Å². The van der Waals surface area contributed by atoms with Crippen molar-refractivity contribution in [2.75, 3.05) is 5.75 Å². The number of rotatable bonds is 6. The summed E-state index contributed by atoms with van der Waals surface area (Å²) in [7, 11) is -6.76. The van der Waals surface area contributed by atoms with Gasteiger partial charge in [0, 0.05) is 30.4 Å². The molecule has 156 valence electrons. The van der Waals surface area contributed by atoms with Gasteiger partial charge in [-0.05, 0) is 43.4 Å². The number of sulfonamides is 2. The van der Waals surface area contributed by atoms with Gasteiger partial charge in [-0.3, -0.25) is 9.25 Å². The molecule has 0 saturated heterocycles. The van der Waals surface area contributed by atoms with E-state index in [4.69, 9.17) is 10.3 Å². The summed E-state index contributed by atoms with van der Waals surface area (Å²) in [4.78, 5) is 4.56. The summed E-state index contributed by atoms with van der Waals surface area (Å²) in [6.07, 6.45) is 5.89. The van der Waals surface area contributed by atoms with Crippen LogP contribution in [0.4, 0.5) is 0 Å². The summed E-state index contributed by atoms with van der Waals surface area (Å²) in [5.74, 6) is 0.0854. The maximum absolute atomic E-state index is 12.3. The Morgan fingerprint density at radius 2 is 1.93 bits per heavy atom. The van der Waals surface area contributed by atoms with E-state index in [1.165, 1.54) is 10.2 Å². The molecule has 29 heavy (non-hydrogen) atoms. The van der Waals surface area contributed by atoms with E-state index in [9.17, 15) is 16.8 Å². The second-order valence-corrected chi connectivity index (χ2v) is 10.9. The van der Waals surface area contributed by atoms with Crippen molar-refractivity contribution in [1.29, 1.82) is 0 Å². The molecule has 3 heterocycles. The molecule has 10 nitrogen and oxygen atoms in total. The molecule has 0 radical (unpaired) electrons. The first-order valence-electron chi connectivity index (χ1n) is 8.98. The standard InChI is InChI=1S/C17H22N6O4S2/c1-10-15(14(29(19,26)27)9-28(18,24)25)17(22(2)21-10)23-6-5-12-7-13(11-3-4-11)8-20-16(12)23/h5-8,11,14H,3-4,9H2,1-2H3,(H2,18,24,25)(H2,19,26,27). The van der Waals surface area contributed by atoms with Crippen molar-refractivity contribution >= 4 is 31.1 Å². The van der Waals surface area contributed by atoms with Crippen LogP contribution in [0.25, 0.3) is 16.9 Å². The van der Waals surface area contributed by atoms with Gasteiger partial charge in [0.15, 0.2) is 0 Å². The Hall–Kier alpha value is -2.28. The largest absolute Gasteiger partial charge is 0.285 e. The van der Waals surface area contributed by atoms with Crippen molar-refractivity contribution < 1.29 is 16.8 Å². The van der Waals surface area contributed by atoms with Gasteiger partial charge < -0.3 is 0 Å². The van der Waals surface area contributed by atoms with Crippen LogP contribution in [0.1, 0.15) is 40.8 Å². The monoisotopic (exact) mass is 438 g/mol. The van der Waals surface area contributed by atoms with Crippen molar-refractivity contribution in [3.63, 3.8) is 0 Å². The second-order valence-electron chi connectivity index (χ2n) is 7.49. The summed E-state index contributed by atoms with van der Waals surface area (Å²) in [6, 6.07) is 3.95. The summed E-state index contributed by atoms with van der Waals surface area (Å²) in [5, 5.41) is 14.2. The van der Waals surface area contributed by atoms with Crippen molar-refractivity contribution in [3.8, 4) is 5.82 Å². The Morgan fingerprint density at radius 1 is 1.24 bits per heavy atom. The maximum atomic E-state index is 12.3. The summed E-state index contributed by atoms with van der Waals surface area (Å²) < 4.78 is 51.2. The zero-order chi connectivity index (χ0) is 21.1. The molecule has 0 aromatic carbocycles. The van der Waals surface area contributed by atoms with E-state index in [0.29, 0.717) is 23.1 Å². The molecule has 1 saturated carbocycles. The van der Waals surface area contributed by atoms with Gasteiger partial charge >= 0.3 is 0 Å². The van der Waals surface area contributed by atoms with Crippen molar-refractivity contribution in [2.45, 2.75) is 30.9 Å². The Kier molecular flexibility index (Phi) is 4.57. The van der Waals surface area contributed by atoms with Crippen molar-refractivity contribution in [2.24, 2.45) is 17.3 Å². The van der Waals surface area contributed by atoms with Crippen LogP contribution in [0.2, 0.25) is 0 Å². The number of fused-ring (bicyclic) bond motifs is 1. The fourth-order valence-electron chi connectivity index (χ4n) is 3.73. The zero-order valence-corrected chi connectivity index (χ0v) is 17.6. The topological polar surface area (TPSA) is 156 Å². The predicted molar refractivity (Wildman–Crippen MR) is 108 cm³/mol. The van der Waals surface area contributed by atoms with E-state index in [2.05, 4.69) is 16.1 Å². The van der Waals surface area contributed by atoms with E-state index in [-0.39, 0.29) is 5.56 Å². The van der Waals surface area contributed by atoms with Crippen LogP contribution in [0.15, 0.2) is 24.5 Å². The zero-order valence-electron chi connectivity index (χ0n) is 16.0. The maximum Gasteiger partial charge on any atom is 0.217 e. The average Bonchev–Trinajstić information content (AvgIpc) is 3.29. The minimum absolute atomic E-state index is 0.189. The molecule has 1 aliphatic carbocycles. The Labute approximate surface area is 168 Å². The number of aryl methyl sites for hydroxylation is 2. The average molecular weight is 439 g/mol. The molecule has 4 N–H and O–H groups in total. The number of primary sulfonamides is 2. The van der Waals surface area contributed by atoms with Gasteiger partial charge in [-0.15, -0.1) is 0 Å². The lowest BCUT2D eigenvalue weighted by Crippen LogP contribution is -2.32.